The zero-order valence-corrected chi connectivity index (χ0v) is 15.5. The van der Waals surface area contributed by atoms with Crippen LogP contribution < -0.4 is 9.64 Å². The van der Waals surface area contributed by atoms with Crippen molar-refractivity contribution < 1.29 is 9.84 Å². The Morgan fingerprint density at radius 3 is 2.64 bits per heavy atom. The van der Waals surface area contributed by atoms with Crippen LogP contribution in [0.2, 0.25) is 0 Å². The fourth-order valence-corrected chi connectivity index (χ4v) is 2.89. The average Bonchev–Trinajstić information content (AvgIpc) is 3.57. The van der Waals surface area contributed by atoms with Gasteiger partial charge in [0.15, 0.2) is 0 Å². The standard InChI is InChI=1S/C22H20N4O2/c1-26(21-7-5-19(27)13-25-21)22-11-17(8-9-24-22)16-4-6-20(18(10-16)12-23)28-14-15-2-3-15/h4-11,13,15,27H,2-3,14H2,1H3. The molecule has 0 amide bonds. The lowest BCUT2D eigenvalue weighted by Gasteiger charge is -2.18. The number of hydrogen-bond donors (Lipinski definition) is 1. The first-order valence-corrected chi connectivity index (χ1v) is 9.16. The number of nitrogens with zero attached hydrogens (tertiary/aromatic N) is 4. The number of anilines is 2. The number of aromatic nitrogens is 2. The predicted molar refractivity (Wildman–Crippen MR) is 107 cm³/mol. The number of hydrogen-bond acceptors (Lipinski definition) is 6. The van der Waals surface area contributed by atoms with Crippen molar-refractivity contribution in [1.82, 2.24) is 9.97 Å². The van der Waals surface area contributed by atoms with Crippen LogP contribution in [-0.2, 0) is 0 Å². The van der Waals surface area contributed by atoms with Gasteiger partial charge >= 0.3 is 0 Å². The molecule has 2 aromatic heterocycles. The van der Waals surface area contributed by atoms with Crippen LogP contribution >= 0.6 is 0 Å². The summed E-state index contributed by atoms with van der Waals surface area (Å²) < 4.78 is 5.80. The number of nitriles is 1. The van der Waals surface area contributed by atoms with Gasteiger partial charge in [-0.1, -0.05) is 6.07 Å². The Morgan fingerprint density at radius 2 is 1.93 bits per heavy atom. The lowest BCUT2D eigenvalue weighted by atomic mass is 10.0. The normalized spacial score (nSPS) is 13.0. The number of rotatable bonds is 6. The lowest BCUT2D eigenvalue weighted by Crippen LogP contribution is -2.12. The van der Waals surface area contributed by atoms with E-state index in [4.69, 9.17) is 4.74 Å². The summed E-state index contributed by atoms with van der Waals surface area (Å²) in [7, 11) is 1.86. The first-order chi connectivity index (χ1) is 13.6. The Labute approximate surface area is 163 Å². The molecule has 3 aromatic rings. The summed E-state index contributed by atoms with van der Waals surface area (Å²) >= 11 is 0. The van der Waals surface area contributed by atoms with Gasteiger partial charge in [-0.05, 0) is 66.3 Å². The molecule has 1 saturated carbocycles. The Hall–Kier alpha value is -3.59. The zero-order valence-electron chi connectivity index (χ0n) is 15.5. The van der Waals surface area contributed by atoms with E-state index in [9.17, 15) is 10.4 Å². The van der Waals surface area contributed by atoms with Crippen molar-refractivity contribution in [3.05, 3.63) is 60.4 Å². The Kier molecular flexibility index (Phi) is 4.81. The molecule has 1 aromatic carbocycles. The molecule has 0 bridgehead atoms. The smallest absolute Gasteiger partial charge is 0.137 e. The molecule has 0 saturated heterocycles. The third-order valence-electron chi connectivity index (χ3n) is 4.77. The van der Waals surface area contributed by atoms with Gasteiger partial charge in [0.1, 0.15) is 29.2 Å². The van der Waals surface area contributed by atoms with E-state index < -0.39 is 0 Å². The molecule has 1 fully saturated rings. The molecular weight excluding hydrogens is 352 g/mol. The van der Waals surface area contributed by atoms with E-state index in [-0.39, 0.29) is 5.75 Å². The van der Waals surface area contributed by atoms with E-state index in [0.29, 0.717) is 35.5 Å². The second-order valence-corrected chi connectivity index (χ2v) is 6.91. The Morgan fingerprint density at radius 1 is 1.11 bits per heavy atom. The van der Waals surface area contributed by atoms with Crippen LogP contribution in [-0.4, -0.2) is 28.7 Å². The SMILES string of the molecule is CN(c1ccc(O)cn1)c1cc(-c2ccc(OCC3CC3)c(C#N)c2)ccn1. The van der Waals surface area contributed by atoms with Crippen LogP contribution in [0, 0.1) is 17.2 Å². The summed E-state index contributed by atoms with van der Waals surface area (Å²) in [6, 6.07) is 15.1. The molecule has 6 nitrogen and oxygen atoms in total. The topological polar surface area (TPSA) is 82.3 Å². The summed E-state index contributed by atoms with van der Waals surface area (Å²) in [4.78, 5) is 10.5. The van der Waals surface area contributed by atoms with Crippen molar-refractivity contribution in [3.63, 3.8) is 0 Å². The van der Waals surface area contributed by atoms with Crippen molar-refractivity contribution in [3.8, 4) is 28.7 Å². The molecule has 0 unspecified atom stereocenters. The maximum absolute atomic E-state index is 9.51. The molecule has 2 heterocycles. The van der Waals surface area contributed by atoms with Crippen LogP contribution in [0.1, 0.15) is 18.4 Å². The fraction of sp³-hybridized carbons (Fsp3) is 0.227. The highest BCUT2D eigenvalue weighted by Gasteiger charge is 2.22. The van der Waals surface area contributed by atoms with E-state index in [1.165, 1.54) is 19.0 Å². The van der Waals surface area contributed by atoms with Crippen LogP contribution in [0.15, 0.2) is 54.9 Å². The van der Waals surface area contributed by atoms with Crippen LogP contribution in [0.3, 0.4) is 0 Å². The second kappa shape index (κ2) is 7.57. The van der Waals surface area contributed by atoms with E-state index in [1.54, 1.807) is 18.3 Å². The molecule has 1 aliphatic rings. The maximum Gasteiger partial charge on any atom is 0.137 e. The first-order valence-electron chi connectivity index (χ1n) is 9.16. The quantitative estimate of drug-likeness (QED) is 0.695. The van der Waals surface area contributed by atoms with Gasteiger partial charge in [-0.3, -0.25) is 0 Å². The minimum absolute atomic E-state index is 0.117. The third-order valence-corrected chi connectivity index (χ3v) is 4.77. The van der Waals surface area contributed by atoms with Crippen LogP contribution in [0.5, 0.6) is 11.5 Å². The summed E-state index contributed by atoms with van der Waals surface area (Å²) in [5.41, 5.74) is 2.40. The molecule has 6 heteroatoms. The highest BCUT2D eigenvalue weighted by molar-refractivity contribution is 5.71. The number of benzene rings is 1. The largest absolute Gasteiger partial charge is 0.506 e. The van der Waals surface area contributed by atoms with E-state index in [2.05, 4.69) is 16.0 Å². The van der Waals surface area contributed by atoms with Crippen LogP contribution in [0.25, 0.3) is 11.1 Å². The molecule has 0 aliphatic heterocycles. The summed E-state index contributed by atoms with van der Waals surface area (Å²) in [5, 5.41) is 18.9. The fourth-order valence-electron chi connectivity index (χ4n) is 2.89. The molecule has 4 rings (SSSR count). The van der Waals surface area contributed by atoms with Crippen molar-refractivity contribution in [2.24, 2.45) is 5.92 Å². The van der Waals surface area contributed by atoms with Gasteiger partial charge in [-0.25, -0.2) is 9.97 Å². The molecule has 0 atom stereocenters. The molecular formula is C22H20N4O2. The van der Waals surface area contributed by atoms with E-state index in [1.807, 2.05) is 42.3 Å². The summed E-state index contributed by atoms with van der Waals surface area (Å²) in [5.74, 6) is 2.77. The lowest BCUT2D eigenvalue weighted by molar-refractivity contribution is 0.299. The minimum atomic E-state index is 0.117. The first kappa shape index (κ1) is 17.8. The van der Waals surface area contributed by atoms with Gasteiger partial charge in [0.25, 0.3) is 0 Å². The number of aromatic hydroxyl groups is 1. The minimum Gasteiger partial charge on any atom is -0.506 e. The Bertz CT molecular complexity index is 1020. The van der Waals surface area contributed by atoms with Crippen LogP contribution in [0.4, 0.5) is 11.6 Å². The van der Waals surface area contributed by atoms with Crippen molar-refractivity contribution in [2.45, 2.75) is 12.8 Å². The van der Waals surface area contributed by atoms with Crippen molar-refractivity contribution in [2.75, 3.05) is 18.6 Å². The molecule has 0 radical (unpaired) electrons. The molecule has 1 aliphatic carbocycles. The predicted octanol–water partition coefficient (Wildman–Crippen LogP) is 4.28. The zero-order chi connectivity index (χ0) is 19.5. The van der Waals surface area contributed by atoms with Gasteiger partial charge in [-0.15, -0.1) is 0 Å². The molecule has 1 N–H and O–H groups in total. The third kappa shape index (κ3) is 3.89. The van der Waals surface area contributed by atoms with E-state index >= 15 is 0 Å². The monoisotopic (exact) mass is 372 g/mol. The number of ether oxygens (including phenoxy) is 1. The van der Waals surface area contributed by atoms with Gasteiger partial charge in [0.2, 0.25) is 0 Å². The Balaban J connectivity index is 1.59. The average molecular weight is 372 g/mol. The molecule has 140 valence electrons. The summed E-state index contributed by atoms with van der Waals surface area (Å²) in [6.07, 6.45) is 5.55. The van der Waals surface area contributed by atoms with Gasteiger partial charge in [-0.2, -0.15) is 5.26 Å². The maximum atomic E-state index is 9.51. The molecule has 0 spiro atoms. The van der Waals surface area contributed by atoms with Gasteiger partial charge in [0, 0.05) is 13.2 Å². The second-order valence-electron chi connectivity index (χ2n) is 6.91. The van der Waals surface area contributed by atoms with Crippen molar-refractivity contribution in [1.29, 1.82) is 5.26 Å². The molecule has 28 heavy (non-hydrogen) atoms. The summed E-state index contributed by atoms with van der Waals surface area (Å²) in [6.45, 7) is 0.678. The van der Waals surface area contributed by atoms with E-state index in [0.717, 1.165) is 11.1 Å². The highest BCUT2D eigenvalue weighted by Crippen LogP contribution is 2.32. The van der Waals surface area contributed by atoms with Gasteiger partial charge in [0.05, 0.1) is 18.4 Å². The van der Waals surface area contributed by atoms with Crippen molar-refractivity contribution >= 4 is 11.6 Å². The highest BCUT2D eigenvalue weighted by atomic mass is 16.5. The van der Waals surface area contributed by atoms with Gasteiger partial charge < -0.3 is 14.7 Å². The number of pyridine rings is 2.